The van der Waals surface area contributed by atoms with Crippen molar-refractivity contribution in [1.82, 2.24) is 9.99 Å². The lowest BCUT2D eigenvalue weighted by atomic mass is 10.1. The summed E-state index contributed by atoms with van der Waals surface area (Å²) in [4.78, 5) is 16.7. The van der Waals surface area contributed by atoms with Crippen molar-refractivity contribution in [3.8, 4) is 5.75 Å². The fourth-order valence-corrected chi connectivity index (χ4v) is 2.40. The number of aliphatic imine (C=N–C) groups is 1. The van der Waals surface area contributed by atoms with Gasteiger partial charge in [0.1, 0.15) is 11.3 Å². The van der Waals surface area contributed by atoms with E-state index < -0.39 is 0 Å². The Hall–Kier alpha value is -3.09. The van der Waals surface area contributed by atoms with Crippen molar-refractivity contribution in [3.63, 3.8) is 0 Å². The van der Waals surface area contributed by atoms with Crippen LogP contribution < -0.4 is 16.7 Å². The Morgan fingerprint density at radius 2 is 2.05 bits per heavy atom. The molecule has 1 aromatic heterocycles. The SMILES string of the molecule is CC1=CC(c2c(O)c3ccccc3n(C)c2=O)=NC(N)=NN1. The standard InChI is InChI=1S/C15H15N5O2/c1-8-7-10(17-15(16)19-18-8)12-13(21)9-5-3-4-6-11(9)20(2)14(12)22/h3-7,18,21H,1-2H3,(H2,16,19). The number of allylic oxidation sites excluding steroid dienone is 2. The highest BCUT2D eigenvalue weighted by molar-refractivity contribution is 6.16. The highest BCUT2D eigenvalue weighted by atomic mass is 16.3. The molecule has 22 heavy (non-hydrogen) atoms. The van der Waals surface area contributed by atoms with Crippen LogP contribution in [0.1, 0.15) is 12.5 Å². The molecule has 112 valence electrons. The molecule has 0 bridgehead atoms. The van der Waals surface area contributed by atoms with E-state index in [1.807, 2.05) is 6.07 Å². The van der Waals surface area contributed by atoms with E-state index in [-0.39, 0.29) is 28.5 Å². The smallest absolute Gasteiger partial charge is 0.264 e. The summed E-state index contributed by atoms with van der Waals surface area (Å²) in [7, 11) is 1.65. The molecule has 0 saturated heterocycles. The molecule has 0 atom stereocenters. The number of pyridine rings is 1. The van der Waals surface area contributed by atoms with Crippen molar-refractivity contribution in [3.05, 3.63) is 52.0 Å². The Balaban J connectivity index is 2.39. The zero-order valence-corrected chi connectivity index (χ0v) is 12.2. The summed E-state index contributed by atoms with van der Waals surface area (Å²) in [5.41, 5.74) is 9.68. The second-order valence-corrected chi connectivity index (χ2v) is 5.01. The Kier molecular flexibility index (Phi) is 3.17. The van der Waals surface area contributed by atoms with Crippen LogP contribution in [-0.4, -0.2) is 21.3 Å². The minimum Gasteiger partial charge on any atom is -0.506 e. The van der Waals surface area contributed by atoms with Crippen LogP contribution in [0.3, 0.4) is 0 Å². The average Bonchev–Trinajstić information content (AvgIpc) is 2.66. The number of hydrogen-bond acceptors (Lipinski definition) is 6. The van der Waals surface area contributed by atoms with E-state index in [1.165, 1.54) is 4.57 Å². The van der Waals surface area contributed by atoms with E-state index in [4.69, 9.17) is 5.73 Å². The van der Waals surface area contributed by atoms with Crippen molar-refractivity contribution in [2.75, 3.05) is 0 Å². The summed E-state index contributed by atoms with van der Waals surface area (Å²) in [6, 6.07) is 7.12. The quantitative estimate of drug-likeness (QED) is 0.723. The molecule has 0 unspecified atom stereocenters. The first-order valence-corrected chi connectivity index (χ1v) is 6.66. The lowest BCUT2D eigenvalue weighted by Crippen LogP contribution is -2.25. The normalized spacial score (nSPS) is 14.7. The number of nitrogens with two attached hydrogens (primary N) is 1. The number of aromatic nitrogens is 1. The van der Waals surface area contributed by atoms with Gasteiger partial charge in [0, 0.05) is 18.1 Å². The molecule has 0 fully saturated rings. The molecule has 1 aromatic carbocycles. The molecular formula is C15H15N5O2. The van der Waals surface area contributed by atoms with Gasteiger partial charge in [-0.15, -0.1) is 5.10 Å². The maximum Gasteiger partial charge on any atom is 0.264 e. The highest BCUT2D eigenvalue weighted by Crippen LogP contribution is 2.26. The van der Waals surface area contributed by atoms with Gasteiger partial charge in [0.2, 0.25) is 5.96 Å². The number of nitrogens with zero attached hydrogens (tertiary/aromatic N) is 3. The van der Waals surface area contributed by atoms with Crippen molar-refractivity contribution in [1.29, 1.82) is 0 Å². The van der Waals surface area contributed by atoms with Crippen molar-refractivity contribution >= 4 is 22.6 Å². The summed E-state index contributed by atoms with van der Waals surface area (Å²) in [5.74, 6) is -0.131. The Morgan fingerprint density at radius 3 is 2.82 bits per heavy atom. The molecule has 7 nitrogen and oxygen atoms in total. The second kappa shape index (κ2) is 5.03. The zero-order chi connectivity index (χ0) is 15.9. The molecule has 0 spiro atoms. The number of rotatable bonds is 1. The van der Waals surface area contributed by atoms with E-state index in [0.717, 1.165) is 0 Å². The lowest BCUT2D eigenvalue weighted by molar-refractivity contribution is 0.478. The predicted octanol–water partition coefficient (Wildman–Crippen LogP) is 0.770. The molecule has 3 rings (SSSR count). The topological polar surface area (TPSA) is 105 Å². The molecule has 0 radical (unpaired) electrons. The minimum atomic E-state index is -0.353. The molecule has 2 heterocycles. The van der Waals surface area contributed by atoms with Crippen LogP contribution in [-0.2, 0) is 7.05 Å². The molecule has 1 aliphatic rings. The van der Waals surface area contributed by atoms with Crippen LogP contribution in [0.15, 0.2) is 50.9 Å². The second-order valence-electron chi connectivity index (χ2n) is 5.01. The fourth-order valence-electron chi connectivity index (χ4n) is 2.40. The van der Waals surface area contributed by atoms with E-state index in [2.05, 4.69) is 15.5 Å². The molecule has 4 N–H and O–H groups in total. The van der Waals surface area contributed by atoms with E-state index in [0.29, 0.717) is 16.6 Å². The van der Waals surface area contributed by atoms with Gasteiger partial charge in [-0.2, -0.15) is 0 Å². The van der Waals surface area contributed by atoms with Gasteiger partial charge in [-0.05, 0) is 25.1 Å². The van der Waals surface area contributed by atoms with E-state index in [1.54, 1.807) is 38.2 Å². The van der Waals surface area contributed by atoms with Crippen LogP contribution in [0.5, 0.6) is 5.75 Å². The number of nitrogens with one attached hydrogen (secondary N) is 1. The van der Waals surface area contributed by atoms with Gasteiger partial charge in [0.25, 0.3) is 5.56 Å². The first kappa shape index (κ1) is 13.9. The minimum absolute atomic E-state index is 0.0160. The van der Waals surface area contributed by atoms with Crippen LogP contribution in [0.25, 0.3) is 10.9 Å². The zero-order valence-electron chi connectivity index (χ0n) is 12.2. The van der Waals surface area contributed by atoms with Gasteiger partial charge in [-0.3, -0.25) is 10.2 Å². The molecule has 7 heteroatoms. The number of aromatic hydroxyl groups is 1. The summed E-state index contributed by atoms with van der Waals surface area (Å²) in [6.07, 6.45) is 1.62. The molecule has 0 saturated carbocycles. The van der Waals surface area contributed by atoms with Crippen LogP contribution in [0.4, 0.5) is 0 Å². The molecular weight excluding hydrogens is 282 g/mol. The van der Waals surface area contributed by atoms with Gasteiger partial charge in [0.05, 0.1) is 11.2 Å². The molecule has 0 amide bonds. The summed E-state index contributed by atoms with van der Waals surface area (Å²) in [5, 5.41) is 14.9. The maximum absolute atomic E-state index is 12.6. The largest absolute Gasteiger partial charge is 0.506 e. The van der Waals surface area contributed by atoms with Gasteiger partial charge in [-0.1, -0.05) is 12.1 Å². The number of aryl methyl sites for hydroxylation is 1. The van der Waals surface area contributed by atoms with Gasteiger partial charge < -0.3 is 15.4 Å². The Labute approximate surface area is 126 Å². The highest BCUT2D eigenvalue weighted by Gasteiger charge is 2.19. The third kappa shape index (κ3) is 2.12. The van der Waals surface area contributed by atoms with Crippen molar-refractivity contribution < 1.29 is 5.11 Å². The fraction of sp³-hybridized carbons (Fsp3) is 0.133. The Bertz CT molecular complexity index is 921. The summed E-state index contributed by atoms with van der Waals surface area (Å²) in [6.45, 7) is 1.76. The van der Waals surface area contributed by atoms with Crippen molar-refractivity contribution in [2.45, 2.75) is 6.92 Å². The number of benzene rings is 1. The van der Waals surface area contributed by atoms with E-state index >= 15 is 0 Å². The summed E-state index contributed by atoms with van der Waals surface area (Å²) >= 11 is 0. The number of hydrogen-bond donors (Lipinski definition) is 3. The van der Waals surface area contributed by atoms with Crippen LogP contribution >= 0.6 is 0 Å². The molecule has 2 aromatic rings. The third-order valence-corrected chi connectivity index (χ3v) is 3.47. The van der Waals surface area contributed by atoms with Crippen LogP contribution in [0, 0.1) is 0 Å². The first-order valence-electron chi connectivity index (χ1n) is 6.66. The van der Waals surface area contributed by atoms with E-state index in [9.17, 15) is 9.90 Å². The molecule has 0 aliphatic carbocycles. The monoisotopic (exact) mass is 297 g/mol. The third-order valence-electron chi connectivity index (χ3n) is 3.47. The summed E-state index contributed by atoms with van der Waals surface area (Å²) < 4.78 is 1.47. The van der Waals surface area contributed by atoms with Gasteiger partial charge in [-0.25, -0.2) is 4.99 Å². The lowest BCUT2D eigenvalue weighted by Gasteiger charge is -2.11. The number of para-hydroxylation sites is 1. The Morgan fingerprint density at radius 1 is 1.32 bits per heavy atom. The van der Waals surface area contributed by atoms with Crippen molar-refractivity contribution in [2.24, 2.45) is 22.9 Å². The van der Waals surface area contributed by atoms with Gasteiger partial charge >= 0.3 is 0 Å². The maximum atomic E-state index is 12.6. The predicted molar refractivity (Wildman–Crippen MR) is 85.9 cm³/mol. The van der Waals surface area contributed by atoms with Crippen LogP contribution in [0.2, 0.25) is 0 Å². The van der Waals surface area contributed by atoms with Gasteiger partial charge in [0.15, 0.2) is 0 Å². The molecule has 1 aliphatic heterocycles. The average molecular weight is 297 g/mol. The number of fused-ring (bicyclic) bond motifs is 1. The number of guanidine groups is 1. The number of hydrazone groups is 1. The first-order chi connectivity index (χ1) is 10.5.